The number of hydrogen-bond donors (Lipinski definition) is 0. The molecule has 0 radical (unpaired) electrons. The monoisotopic (exact) mass is 260 g/mol. The largest absolute Gasteiger partial charge is 0.437 e. The van der Waals surface area contributed by atoms with Crippen LogP contribution in [0.4, 0.5) is 30.7 Å². The zero-order valence-corrected chi connectivity index (χ0v) is 7.84. The van der Waals surface area contributed by atoms with Crippen molar-refractivity contribution in [2.45, 2.75) is 6.11 Å². The maximum absolute atomic E-state index is 12.9. The van der Waals surface area contributed by atoms with Gasteiger partial charge in [0, 0.05) is 0 Å². The first kappa shape index (κ1) is 13.3. The average molecular weight is 260 g/mol. The van der Waals surface area contributed by atoms with Crippen LogP contribution in [0, 0.1) is 29.1 Å². The fourth-order valence-electron chi connectivity index (χ4n) is 1.02. The summed E-state index contributed by atoms with van der Waals surface area (Å²) in [5, 5.41) is 0. The second-order valence-electron chi connectivity index (χ2n) is 2.75. The van der Waals surface area contributed by atoms with E-state index in [9.17, 15) is 30.7 Å². The Morgan fingerprint density at radius 3 is 1.53 bits per heavy atom. The highest BCUT2D eigenvalue weighted by Gasteiger charge is 2.44. The number of benzene rings is 1. The molecule has 0 saturated heterocycles. The molecule has 0 saturated carbocycles. The van der Waals surface area contributed by atoms with Crippen molar-refractivity contribution in [2.75, 3.05) is 0 Å². The van der Waals surface area contributed by atoms with Crippen molar-refractivity contribution in [3.63, 3.8) is 0 Å². The van der Waals surface area contributed by atoms with Crippen LogP contribution in [0.3, 0.4) is 0 Å². The van der Waals surface area contributed by atoms with Crippen molar-refractivity contribution in [3.8, 4) is 0 Å². The molecule has 0 aromatic heterocycles. The molecule has 0 spiro atoms. The van der Waals surface area contributed by atoms with Crippen molar-refractivity contribution in [2.24, 2.45) is 0 Å². The summed E-state index contributed by atoms with van der Waals surface area (Å²) in [5.41, 5.74) is -2.37. The summed E-state index contributed by atoms with van der Waals surface area (Å²) >= 11 is 0. The van der Waals surface area contributed by atoms with E-state index in [4.69, 9.17) is 0 Å². The molecule has 0 aliphatic rings. The summed E-state index contributed by atoms with van der Waals surface area (Å²) in [6.45, 7) is 2.68. The Labute approximate surface area is 90.1 Å². The lowest BCUT2D eigenvalue weighted by Gasteiger charge is -2.17. The van der Waals surface area contributed by atoms with Crippen LogP contribution in [-0.4, -0.2) is 0 Å². The van der Waals surface area contributed by atoms with Gasteiger partial charge in [-0.2, -0.15) is 8.78 Å². The molecule has 1 rings (SSSR count). The molecular formula is C9H3F7O. The van der Waals surface area contributed by atoms with Gasteiger partial charge in [0.05, 0.1) is 6.26 Å². The summed E-state index contributed by atoms with van der Waals surface area (Å²) < 4.78 is 92.8. The van der Waals surface area contributed by atoms with Crippen LogP contribution in [0.1, 0.15) is 5.56 Å². The zero-order valence-electron chi connectivity index (χ0n) is 7.84. The molecule has 1 aromatic carbocycles. The third-order valence-electron chi connectivity index (χ3n) is 1.73. The van der Waals surface area contributed by atoms with Crippen LogP contribution in [0.15, 0.2) is 12.8 Å². The molecule has 0 aliphatic carbocycles. The molecule has 8 heteroatoms. The number of ether oxygens (including phenoxy) is 1. The Kier molecular flexibility index (Phi) is 3.35. The fraction of sp³-hybridized carbons (Fsp3) is 0.111. The van der Waals surface area contributed by atoms with E-state index in [-0.39, 0.29) is 6.26 Å². The number of halogens is 7. The van der Waals surface area contributed by atoms with Crippen LogP contribution >= 0.6 is 0 Å². The van der Waals surface area contributed by atoms with Gasteiger partial charge in [-0.25, -0.2) is 22.0 Å². The van der Waals surface area contributed by atoms with E-state index in [1.807, 2.05) is 0 Å². The summed E-state index contributed by atoms with van der Waals surface area (Å²) in [6.07, 6.45) is -4.61. The quantitative estimate of drug-likeness (QED) is 0.349. The van der Waals surface area contributed by atoms with E-state index in [1.54, 1.807) is 0 Å². The minimum atomic E-state index is -4.72. The molecule has 0 bridgehead atoms. The molecule has 94 valence electrons. The second kappa shape index (κ2) is 4.27. The van der Waals surface area contributed by atoms with Gasteiger partial charge in [-0.05, 0) is 0 Å². The van der Waals surface area contributed by atoms with Crippen molar-refractivity contribution < 1.29 is 35.5 Å². The third kappa shape index (κ3) is 2.06. The highest BCUT2D eigenvalue weighted by Crippen LogP contribution is 2.36. The van der Waals surface area contributed by atoms with Gasteiger partial charge in [-0.3, -0.25) is 0 Å². The van der Waals surface area contributed by atoms with Crippen molar-refractivity contribution in [3.05, 3.63) is 47.5 Å². The number of rotatable bonds is 3. The zero-order chi connectivity index (χ0) is 13.4. The van der Waals surface area contributed by atoms with Gasteiger partial charge in [-0.1, -0.05) is 6.58 Å². The molecule has 17 heavy (non-hydrogen) atoms. The van der Waals surface area contributed by atoms with E-state index in [2.05, 4.69) is 11.3 Å². The topological polar surface area (TPSA) is 9.23 Å². The molecule has 0 aliphatic heterocycles. The van der Waals surface area contributed by atoms with Gasteiger partial charge in [-0.15, -0.1) is 0 Å². The molecule has 0 fully saturated rings. The average Bonchev–Trinajstić information content (AvgIpc) is 2.23. The summed E-state index contributed by atoms with van der Waals surface area (Å²) in [4.78, 5) is 0. The van der Waals surface area contributed by atoms with Crippen molar-refractivity contribution in [1.82, 2.24) is 0 Å². The second-order valence-corrected chi connectivity index (χ2v) is 2.75. The van der Waals surface area contributed by atoms with Gasteiger partial charge in [0.1, 0.15) is 5.56 Å². The standard InChI is InChI=1S/C9H3F7O/c1-2-17-9(15,16)3-4(10)6(12)8(14)7(13)5(3)11/h2H,1H2. The van der Waals surface area contributed by atoms with Gasteiger partial charge in [0.15, 0.2) is 23.3 Å². The lowest BCUT2D eigenvalue weighted by molar-refractivity contribution is -0.218. The van der Waals surface area contributed by atoms with Crippen LogP contribution in [-0.2, 0) is 10.8 Å². The first-order valence-electron chi connectivity index (χ1n) is 3.92. The predicted octanol–water partition coefficient (Wildman–Crippen LogP) is 3.59. The maximum Gasteiger partial charge on any atom is 0.432 e. The van der Waals surface area contributed by atoms with E-state index >= 15 is 0 Å². The SMILES string of the molecule is C=COC(F)(F)c1c(F)c(F)c(F)c(F)c1F. The van der Waals surface area contributed by atoms with Crippen LogP contribution in [0.25, 0.3) is 0 Å². The first-order chi connectivity index (χ1) is 7.74. The highest BCUT2D eigenvalue weighted by molar-refractivity contribution is 5.26. The van der Waals surface area contributed by atoms with Crippen molar-refractivity contribution >= 4 is 0 Å². The predicted molar refractivity (Wildman–Crippen MR) is 41.4 cm³/mol. The van der Waals surface area contributed by atoms with Crippen molar-refractivity contribution in [1.29, 1.82) is 0 Å². The van der Waals surface area contributed by atoms with Crippen LogP contribution < -0.4 is 0 Å². The molecule has 1 nitrogen and oxygen atoms in total. The Hall–Kier alpha value is -1.73. The van der Waals surface area contributed by atoms with Crippen LogP contribution in [0.5, 0.6) is 0 Å². The smallest absolute Gasteiger partial charge is 0.432 e. The molecule has 1 aromatic rings. The van der Waals surface area contributed by atoms with Crippen LogP contribution in [0.2, 0.25) is 0 Å². The van der Waals surface area contributed by atoms with Gasteiger partial charge in [0.25, 0.3) is 0 Å². The molecule has 0 N–H and O–H groups in total. The minimum Gasteiger partial charge on any atom is -0.437 e. The molecular weight excluding hydrogens is 257 g/mol. The summed E-state index contributed by atoms with van der Waals surface area (Å²) in [5.74, 6) is -12.8. The Balaban J connectivity index is 3.60. The van der Waals surface area contributed by atoms with Gasteiger partial charge >= 0.3 is 6.11 Å². The fourth-order valence-corrected chi connectivity index (χ4v) is 1.02. The third-order valence-corrected chi connectivity index (χ3v) is 1.73. The van der Waals surface area contributed by atoms with Gasteiger partial charge < -0.3 is 4.74 Å². The number of hydrogen-bond acceptors (Lipinski definition) is 1. The Morgan fingerprint density at radius 1 is 0.824 bits per heavy atom. The number of alkyl halides is 2. The Morgan fingerprint density at radius 2 is 1.18 bits per heavy atom. The maximum atomic E-state index is 12.9. The molecule has 0 amide bonds. The summed E-state index contributed by atoms with van der Waals surface area (Å²) in [7, 11) is 0. The van der Waals surface area contributed by atoms with E-state index in [0.717, 1.165) is 0 Å². The minimum absolute atomic E-state index is 0.109. The first-order valence-corrected chi connectivity index (χ1v) is 3.92. The molecule has 0 unspecified atom stereocenters. The van der Waals surface area contributed by atoms with E-state index < -0.39 is 40.8 Å². The van der Waals surface area contributed by atoms with Gasteiger partial charge in [0.2, 0.25) is 5.82 Å². The Bertz CT molecular complexity index is 440. The normalized spacial score (nSPS) is 11.5. The lowest BCUT2D eigenvalue weighted by atomic mass is 10.1. The lowest BCUT2D eigenvalue weighted by Crippen LogP contribution is -2.22. The highest BCUT2D eigenvalue weighted by atomic mass is 19.3. The van der Waals surface area contributed by atoms with E-state index in [1.165, 1.54) is 0 Å². The molecule has 0 atom stereocenters. The van der Waals surface area contributed by atoms with E-state index in [0.29, 0.717) is 0 Å². The molecule has 0 heterocycles. The summed E-state index contributed by atoms with van der Waals surface area (Å²) in [6, 6.07) is 0.